The van der Waals surface area contributed by atoms with Crippen LogP contribution in [0.15, 0.2) is 48.5 Å². The largest absolute Gasteiger partial charge is 0.376 e. The van der Waals surface area contributed by atoms with Crippen LogP contribution in [-0.2, 0) is 10.3 Å². The van der Waals surface area contributed by atoms with E-state index < -0.39 is 5.54 Å². The molecule has 1 saturated carbocycles. The lowest BCUT2D eigenvalue weighted by molar-refractivity contribution is -0.119. The van der Waals surface area contributed by atoms with E-state index in [4.69, 9.17) is 17.0 Å². The molecule has 0 bridgehead atoms. The van der Waals surface area contributed by atoms with Crippen molar-refractivity contribution in [1.29, 1.82) is 5.41 Å². The molecule has 1 amide bonds. The lowest BCUT2D eigenvalue weighted by atomic mass is 9.85. The zero-order valence-electron chi connectivity index (χ0n) is 17.4. The summed E-state index contributed by atoms with van der Waals surface area (Å²) in [5.74, 6) is 0.418. The quantitative estimate of drug-likeness (QED) is 0.294. The highest BCUT2D eigenvalue weighted by Crippen LogP contribution is 2.46. The fourth-order valence-electron chi connectivity index (χ4n) is 3.71. The number of carbonyl (C=O) groups excluding carboxylic acids is 1. The van der Waals surface area contributed by atoms with Gasteiger partial charge in [0, 0.05) is 25.0 Å². The molecule has 160 valence electrons. The molecule has 6 nitrogen and oxygen atoms in total. The molecule has 1 atom stereocenters. The third-order valence-electron chi connectivity index (χ3n) is 5.63. The van der Waals surface area contributed by atoms with E-state index in [0.29, 0.717) is 24.0 Å². The van der Waals surface area contributed by atoms with E-state index in [1.54, 1.807) is 0 Å². The molecule has 30 heavy (non-hydrogen) atoms. The Morgan fingerprint density at radius 2 is 1.90 bits per heavy atom. The van der Waals surface area contributed by atoms with E-state index in [1.807, 2.05) is 30.3 Å². The molecule has 0 heterocycles. The van der Waals surface area contributed by atoms with Gasteiger partial charge in [0.25, 0.3) is 0 Å². The van der Waals surface area contributed by atoms with Gasteiger partial charge in [0.2, 0.25) is 5.91 Å². The first-order valence-electron chi connectivity index (χ1n) is 10.2. The van der Waals surface area contributed by atoms with Crippen LogP contribution in [0.5, 0.6) is 0 Å². The Kier molecular flexibility index (Phi) is 7.00. The van der Waals surface area contributed by atoms with Gasteiger partial charge in [-0.25, -0.2) is 0 Å². The van der Waals surface area contributed by atoms with Gasteiger partial charge < -0.3 is 20.6 Å². The smallest absolute Gasteiger partial charge is 0.216 e. The zero-order chi connectivity index (χ0) is 21.7. The number of guanidine groups is 1. The Labute approximate surface area is 182 Å². The van der Waals surface area contributed by atoms with Crippen molar-refractivity contribution in [3.63, 3.8) is 0 Å². The summed E-state index contributed by atoms with van der Waals surface area (Å²) in [6.07, 6.45) is 2.17. The number of aliphatic hydroxyl groups is 1. The summed E-state index contributed by atoms with van der Waals surface area (Å²) in [5, 5.41) is 25.0. The molecule has 0 aliphatic heterocycles. The van der Waals surface area contributed by atoms with Crippen molar-refractivity contribution in [2.75, 3.05) is 19.8 Å². The van der Waals surface area contributed by atoms with Gasteiger partial charge in [0.1, 0.15) is 6.73 Å². The molecule has 0 radical (unpaired) electrons. The van der Waals surface area contributed by atoms with Crippen LogP contribution in [0, 0.1) is 11.3 Å². The first kappa shape index (κ1) is 22.1. The monoisotopic (exact) mass is 428 g/mol. The molecule has 0 saturated heterocycles. The van der Waals surface area contributed by atoms with Crippen molar-refractivity contribution in [1.82, 2.24) is 15.5 Å². The predicted molar refractivity (Wildman–Crippen MR) is 120 cm³/mol. The number of benzene rings is 2. The van der Waals surface area contributed by atoms with Gasteiger partial charge in [0.15, 0.2) is 5.96 Å². The Hall–Kier alpha value is -2.57. The summed E-state index contributed by atoms with van der Waals surface area (Å²) in [7, 11) is 0. The molecule has 0 spiro atoms. The Balaban J connectivity index is 1.81. The van der Waals surface area contributed by atoms with Crippen molar-refractivity contribution < 1.29 is 9.90 Å². The Morgan fingerprint density at radius 1 is 1.23 bits per heavy atom. The second-order valence-corrected chi connectivity index (χ2v) is 8.37. The molecule has 7 heteroatoms. The number of rotatable bonds is 8. The molecule has 1 aliphatic carbocycles. The van der Waals surface area contributed by atoms with Crippen LogP contribution in [0.3, 0.4) is 0 Å². The van der Waals surface area contributed by atoms with Crippen molar-refractivity contribution >= 4 is 23.5 Å². The molecule has 3 rings (SSSR count). The SMILES string of the molecule is CC(=O)NCCN(CO)C(=N)NC(C)(c1cccc(-c2cccc(Cl)c2)c1)C1CC1. The first-order chi connectivity index (χ1) is 14.3. The van der Waals surface area contributed by atoms with Crippen LogP contribution < -0.4 is 10.6 Å². The van der Waals surface area contributed by atoms with Crippen LogP contribution in [0.2, 0.25) is 5.02 Å². The number of carbonyl (C=O) groups is 1. The van der Waals surface area contributed by atoms with E-state index in [1.165, 1.54) is 11.8 Å². The molecule has 2 aromatic rings. The molecule has 1 unspecified atom stereocenters. The Bertz CT molecular complexity index is 916. The van der Waals surface area contributed by atoms with Crippen LogP contribution in [-0.4, -0.2) is 41.7 Å². The average molecular weight is 429 g/mol. The minimum atomic E-state index is -0.437. The minimum Gasteiger partial charge on any atom is -0.376 e. The number of amides is 1. The number of hydrogen-bond donors (Lipinski definition) is 4. The molecular formula is C23H29ClN4O2. The zero-order valence-corrected chi connectivity index (χ0v) is 18.2. The molecule has 1 aliphatic rings. The number of halogens is 1. The van der Waals surface area contributed by atoms with Gasteiger partial charge in [-0.05, 0) is 60.6 Å². The van der Waals surface area contributed by atoms with Crippen molar-refractivity contribution in [2.24, 2.45) is 5.92 Å². The summed E-state index contributed by atoms with van der Waals surface area (Å²) < 4.78 is 0. The number of nitrogens with zero attached hydrogens (tertiary/aromatic N) is 1. The van der Waals surface area contributed by atoms with Gasteiger partial charge in [0.05, 0.1) is 5.54 Å². The van der Waals surface area contributed by atoms with E-state index in [2.05, 4.69) is 35.8 Å². The highest BCUT2D eigenvalue weighted by molar-refractivity contribution is 6.30. The second kappa shape index (κ2) is 9.49. The fourth-order valence-corrected chi connectivity index (χ4v) is 3.90. The summed E-state index contributed by atoms with van der Waals surface area (Å²) >= 11 is 6.17. The normalized spacial score (nSPS) is 15.2. The van der Waals surface area contributed by atoms with E-state index in [-0.39, 0.29) is 18.6 Å². The van der Waals surface area contributed by atoms with Gasteiger partial charge in [-0.15, -0.1) is 0 Å². The van der Waals surface area contributed by atoms with E-state index in [0.717, 1.165) is 29.5 Å². The topological polar surface area (TPSA) is 88.5 Å². The van der Waals surface area contributed by atoms with Crippen LogP contribution in [0.25, 0.3) is 11.1 Å². The van der Waals surface area contributed by atoms with E-state index in [9.17, 15) is 9.90 Å². The van der Waals surface area contributed by atoms with Crippen molar-refractivity contribution in [3.8, 4) is 11.1 Å². The molecule has 1 fully saturated rings. The third kappa shape index (κ3) is 5.32. The van der Waals surface area contributed by atoms with Crippen LogP contribution in [0.1, 0.15) is 32.3 Å². The summed E-state index contributed by atoms with van der Waals surface area (Å²) in [4.78, 5) is 12.6. The Morgan fingerprint density at radius 3 is 2.50 bits per heavy atom. The highest BCUT2D eigenvalue weighted by atomic mass is 35.5. The van der Waals surface area contributed by atoms with Crippen molar-refractivity contribution in [2.45, 2.75) is 32.2 Å². The molecular weight excluding hydrogens is 400 g/mol. The molecule has 2 aromatic carbocycles. The number of aliphatic hydroxyl groups excluding tert-OH is 1. The number of nitrogens with one attached hydrogen (secondary N) is 3. The maximum Gasteiger partial charge on any atom is 0.216 e. The van der Waals surface area contributed by atoms with Gasteiger partial charge in [-0.1, -0.05) is 41.9 Å². The van der Waals surface area contributed by atoms with Crippen LogP contribution >= 0.6 is 11.6 Å². The fraction of sp³-hybridized carbons (Fsp3) is 0.391. The highest BCUT2D eigenvalue weighted by Gasteiger charge is 2.44. The summed E-state index contributed by atoms with van der Waals surface area (Å²) in [5.41, 5.74) is 2.77. The second-order valence-electron chi connectivity index (χ2n) is 7.93. The summed E-state index contributed by atoms with van der Waals surface area (Å²) in [6, 6.07) is 16.1. The lowest BCUT2D eigenvalue weighted by Crippen LogP contribution is -2.53. The van der Waals surface area contributed by atoms with Gasteiger partial charge in [-0.3, -0.25) is 10.2 Å². The predicted octanol–water partition coefficient (Wildman–Crippen LogP) is 3.54. The molecule has 4 N–H and O–H groups in total. The van der Waals surface area contributed by atoms with Crippen LogP contribution in [0.4, 0.5) is 0 Å². The number of hydrogen-bond acceptors (Lipinski definition) is 3. The average Bonchev–Trinajstić information content (AvgIpc) is 3.57. The maximum atomic E-state index is 11.1. The maximum absolute atomic E-state index is 11.1. The van der Waals surface area contributed by atoms with E-state index >= 15 is 0 Å². The first-order valence-corrected chi connectivity index (χ1v) is 10.5. The van der Waals surface area contributed by atoms with Gasteiger partial charge in [-0.2, -0.15) is 0 Å². The third-order valence-corrected chi connectivity index (χ3v) is 5.87. The standard InChI is InChI=1S/C23H29ClN4O2/c1-16(30)26-11-12-28(15-29)22(25)27-23(2,19-9-10-19)20-7-3-5-17(13-20)18-6-4-8-21(24)14-18/h3-8,13-14,19,29H,9-12,15H2,1-2H3,(H2,25,27)(H,26,30). The van der Waals surface area contributed by atoms with Gasteiger partial charge >= 0.3 is 0 Å². The molecule has 0 aromatic heterocycles. The van der Waals surface area contributed by atoms with Crippen molar-refractivity contribution in [3.05, 3.63) is 59.1 Å². The minimum absolute atomic E-state index is 0.131. The lowest BCUT2D eigenvalue weighted by Gasteiger charge is -2.36. The summed E-state index contributed by atoms with van der Waals surface area (Å²) in [6.45, 7) is 3.98.